The van der Waals surface area contributed by atoms with E-state index in [0.717, 1.165) is 5.56 Å². The Morgan fingerprint density at radius 3 is 1.97 bits per heavy atom. The lowest BCUT2D eigenvalue weighted by atomic mass is 10.1. The van der Waals surface area contributed by atoms with Crippen LogP contribution >= 0.6 is 0 Å². The third-order valence-corrected chi connectivity index (χ3v) is 4.71. The van der Waals surface area contributed by atoms with E-state index in [1.165, 1.54) is 12.1 Å². The molecule has 0 saturated heterocycles. The van der Waals surface area contributed by atoms with E-state index in [2.05, 4.69) is 4.99 Å². The predicted octanol–water partition coefficient (Wildman–Crippen LogP) is 4.68. The van der Waals surface area contributed by atoms with E-state index in [0.29, 0.717) is 28.6 Å². The van der Waals surface area contributed by atoms with Gasteiger partial charge in [0.1, 0.15) is 28.8 Å². The molecule has 0 aliphatic carbocycles. The van der Waals surface area contributed by atoms with Gasteiger partial charge in [-0.25, -0.2) is 9.38 Å². The summed E-state index contributed by atoms with van der Waals surface area (Å²) in [6, 6.07) is 20.4. The summed E-state index contributed by atoms with van der Waals surface area (Å²) >= 11 is 0. The third kappa shape index (κ3) is 3.80. The van der Waals surface area contributed by atoms with Crippen LogP contribution < -0.4 is 14.4 Å². The maximum Gasteiger partial charge on any atom is 0.282 e. The largest absolute Gasteiger partial charge is 0.497 e. The minimum atomic E-state index is -0.336. The third-order valence-electron chi connectivity index (χ3n) is 4.71. The van der Waals surface area contributed by atoms with Gasteiger partial charge >= 0.3 is 0 Å². The minimum absolute atomic E-state index is 0.267. The molecular weight excluding hydrogens is 383 g/mol. The van der Waals surface area contributed by atoms with E-state index in [1.807, 2.05) is 24.3 Å². The van der Waals surface area contributed by atoms with E-state index < -0.39 is 0 Å². The molecule has 1 heterocycles. The zero-order chi connectivity index (χ0) is 21.1. The van der Waals surface area contributed by atoms with Crippen LogP contribution in [0.15, 0.2) is 83.5 Å². The summed E-state index contributed by atoms with van der Waals surface area (Å²) in [5.41, 5.74) is 2.39. The van der Waals surface area contributed by atoms with Gasteiger partial charge in [0.15, 0.2) is 0 Å². The summed E-state index contributed by atoms with van der Waals surface area (Å²) in [6.45, 7) is 0. The lowest BCUT2D eigenvalue weighted by Gasteiger charge is -2.19. The molecule has 3 aromatic carbocycles. The first kappa shape index (κ1) is 19.4. The smallest absolute Gasteiger partial charge is 0.282 e. The highest BCUT2D eigenvalue weighted by molar-refractivity contribution is 6.33. The molecule has 3 aromatic rings. The number of hydrogen-bond donors (Lipinski definition) is 0. The molecule has 0 unspecified atom stereocenters. The molecule has 6 heteroatoms. The molecule has 0 spiro atoms. The minimum Gasteiger partial charge on any atom is -0.497 e. The van der Waals surface area contributed by atoms with Crippen LogP contribution in [0.2, 0.25) is 0 Å². The highest BCUT2D eigenvalue weighted by Crippen LogP contribution is 2.29. The van der Waals surface area contributed by atoms with Crippen molar-refractivity contribution in [2.45, 2.75) is 0 Å². The predicted molar refractivity (Wildman–Crippen MR) is 114 cm³/mol. The number of methoxy groups -OCH3 is 2. The fourth-order valence-corrected chi connectivity index (χ4v) is 3.14. The number of nitrogens with zero attached hydrogens (tertiary/aromatic N) is 2. The molecule has 0 atom stereocenters. The van der Waals surface area contributed by atoms with Crippen LogP contribution in [0.4, 0.5) is 10.1 Å². The lowest BCUT2D eigenvalue weighted by molar-refractivity contribution is -0.113. The Balaban J connectivity index is 1.78. The van der Waals surface area contributed by atoms with Crippen LogP contribution in [0, 0.1) is 5.82 Å². The van der Waals surface area contributed by atoms with Crippen LogP contribution in [0.3, 0.4) is 0 Å². The Bertz CT molecular complexity index is 1120. The van der Waals surface area contributed by atoms with Crippen LogP contribution in [0.25, 0.3) is 6.08 Å². The number of amidine groups is 1. The standard InChI is InChI=1S/C24H19FN2O3/c1-29-20-11-5-17(6-12-20)23-26-22(15-16-3-7-18(25)8-4-16)24(28)27(23)19-9-13-21(30-2)14-10-19/h3-15H,1-2H3/b22-15+. The lowest BCUT2D eigenvalue weighted by Crippen LogP contribution is -2.32. The molecule has 0 radical (unpaired) electrons. The summed E-state index contributed by atoms with van der Waals surface area (Å²) in [5, 5.41) is 0. The number of carbonyl (C=O) groups is 1. The Morgan fingerprint density at radius 1 is 0.833 bits per heavy atom. The van der Waals surface area contributed by atoms with Gasteiger partial charge in [-0.15, -0.1) is 0 Å². The zero-order valence-electron chi connectivity index (χ0n) is 16.5. The summed E-state index contributed by atoms with van der Waals surface area (Å²) in [6.07, 6.45) is 1.65. The van der Waals surface area contributed by atoms with Gasteiger partial charge in [-0.05, 0) is 72.3 Å². The second-order valence-corrected chi connectivity index (χ2v) is 6.58. The number of halogens is 1. The number of benzene rings is 3. The highest BCUT2D eigenvalue weighted by Gasteiger charge is 2.32. The van der Waals surface area contributed by atoms with Crippen molar-refractivity contribution in [3.05, 3.63) is 95.4 Å². The first-order chi connectivity index (χ1) is 14.6. The average molecular weight is 402 g/mol. The van der Waals surface area contributed by atoms with Crippen LogP contribution in [0.1, 0.15) is 11.1 Å². The van der Waals surface area contributed by atoms with Crippen molar-refractivity contribution in [3.8, 4) is 11.5 Å². The van der Waals surface area contributed by atoms with Crippen molar-refractivity contribution >= 4 is 23.5 Å². The Labute approximate surface area is 173 Å². The van der Waals surface area contributed by atoms with Gasteiger partial charge < -0.3 is 9.47 Å². The number of carbonyl (C=O) groups excluding carboxylic acids is 1. The van der Waals surface area contributed by atoms with E-state index in [9.17, 15) is 9.18 Å². The number of hydrogen-bond acceptors (Lipinski definition) is 4. The zero-order valence-corrected chi connectivity index (χ0v) is 16.5. The van der Waals surface area contributed by atoms with E-state index in [1.54, 1.807) is 61.6 Å². The Morgan fingerprint density at radius 2 is 1.40 bits per heavy atom. The quantitative estimate of drug-likeness (QED) is 0.583. The molecule has 0 saturated carbocycles. The second-order valence-electron chi connectivity index (χ2n) is 6.58. The Hall–Kier alpha value is -3.93. The van der Waals surface area contributed by atoms with Crippen molar-refractivity contribution in [1.29, 1.82) is 0 Å². The number of rotatable bonds is 5. The summed E-state index contributed by atoms with van der Waals surface area (Å²) in [7, 11) is 3.18. The highest BCUT2D eigenvalue weighted by atomic mass is 19.1. The molecule has 1 amide bonds. The Kier molecular flexibility index (Phi) is 5.30. The molecule has 0 bridgehead atoms. The van der Waals surface area contributed by atoms with Gasteiger partial charge in [-0.1, -0.05) is 12.1 Å². The van der Waals surface area contributed by atoms with Crippen LogP contribution in [0.5, 0.6) is 11.5 Å². The van der Waals surface area contributed by atoms with E-state index >= 15 is 0 Å². The second kappa shape index (κ2) is 8.21. The summed E-state index contributed by atoms with van der Waals surface area (Å²) < 4.78 is 23.7. The molecule has 0 N–H and O–H groups in total. The van der Waals surface area contributed by atoms with Crippen molar-refractivity contribution in [2.75, 3.05) is 19.1 Å². The number of aliphatic imine (C=N–C) groups is 1. The van der Waals surface area contributed by atoms with Crippen LogP contribution in [-0.4, -0.2) is 26.0 Å². The molecule has 5 nitrogen and oxygen atoms in total. The fraction of sp³-hybridized carbons (Fsp3) is 0.0833. The molecule has 30 heavy (non-hydrogen) atoms. The molecule has 4 rings (SSSR count). The van der Waals surface area contributed by atoms with E-state index in [-0.39, 0.29) is 17.4 Å². The maximum atomic E-state index is 13.3. The number of amides is 1. The number of ether oxygens (including phenoxy) is 2. The van der Waals surface area contributed by atoms with Crippen molar-refractivity contribution in [3.63, 3.8) is 0 Å². The number of anilines is 1. The SMILES string of the molecule is COc1ccc(C2=N/C(=C/c3ccc(F)cc3)C(=O)N2c2ccc(OC)cc2)cc1. The van der Waals surface area contributed by atoms with Gasteiger partial charge in [-0.2, -0.15) is 0 Å². The van der Waals surface area contributed by atoms with E-state index in [4.69, 9.17) is 9.47 Å². The van der Waals surface area contributed by atoms with Crippen molar-refractivity contribution < 1.29 is 18.7 Å². The van der Waals surface area contributed by atoms with Gasteiger partial charge in [0, 0.05) is 5.56 Å². The maximum absolute atomic E-state index is 13.3. The molecule has 1 aliphatic heterocycles. The van der Waals surface area contributed by atoms with Gasteiger partial charge in [0.25, 0.3) is 5.91 Å². The summed E-state index contributed by atoms with van der Waals surface area (Å²) in [4.78, 5) is 19.4. The monoisotopic (exact) mass is 402 g/mol. The molecule has 0 fully saturated rings. The average Bonchev–Trinajstić information content (AvgIpc) is 3.11. The molecule has 0 aromatic heterocycles. The molecule has 150 valence electrons. The first-order valence-electron chi connectivity index (χ1n) is 9.28. The summed E-state index contributed by atoms with van der Waals surface area (Å²) in [5.74, 6) is 1.30. The fourth-order valence-electron chi connectivity index (χ4n) is 3.14. The first-order valence-corrected chi connectivity index (χ1v) is 9.28. The van der Waals surface area contributed by atoms with Gasteiger partial charge in [-0.3, -0.25) is 9.69 Å². The van der Waals surface area contributed by atoms with Gasteiger partial charge in [0.2, 0.25) is 0 Å². The molecule has 1 aliphatic rings. The van der Waals surface area contributed by atoms with Crippen LogP contribution in [-0.2, 0) is 4.79 Å². The van der Waals surface area contributed by atoms with Crippen molar-refractivity contribution in [2.24, 2.45) is 4.99 Å². The molecular formula is C24H19FN2O3. The normalized spacial score (nSPS) is 14.8. The van der Waals surface area contributed by atoms with Crippen molar-refractivity contribution in [1.82, 2.24) is 0 Å². The van der Waals surface area contributed by atoms with Gasteiger partial charge in [0.05, 0.1) is 19.9 Å². The topological polar surface area (TPSA) is 51.1 Å².